The van der Waals surface area contributed by atoms with Crippen molar-refractivity contribution in [3.8, 4) is 0 Å². The molecule has 0 atom stereocenters. The first-order valence-electron chi connectivity index (χ1n) is 8.63. The van der Waals surface area contributed by atoms with Crippen molar-refractivity contribution in [1.29, 1.82) is 0 Å². The molecule has 0 unspecified atom stereocenters. The number of rotatable bonds is 8. The number of nitrogens with zero attached hydrogens (tertiary/aromatic N) is 2. The summed E-state index contributed by atoms with van der Waals surface area (Å²) in [4.78, 5) is 7.28. The van der Waals surface area contributed by atoms with Gasteiger partial charge in [-0.3, -0.25) is 0 Å². The molecule has 1 N–H and O–H groups in total. The summed E-state index contributed by atoms with van der Waals surface area (Å²) in [5.74, 6) is 1.84. The fourth-order valence-corrected chi connectivity index (χ4v) is 3.14. The van der Waals surface area contributed by atoms with Gasteiger partial charge in [0.1, 0.15) is 5.82 Å². The molecule has 0 saturated heterocycles. The average Bonchev–Trinajstić information content (AvgIpc) is 3.00. The number of nitrogens with one attached hydrogen (secondary N) is 1. The van der Waals surface area contributed by atoms with Gasteiger partial charge in [0.05, 0.1) is 0 Å². The Labute approximate surface area is 130 Å². The van der Waals surface area contributed by atoms with E-state index in [1.165, 1.54) is 37.7 Å². The minimum atomic E-state index is 0.679. The maximum Gasteiger partial charge on any atom is 0.128 e. The van der Waals surface area contributed by atoms with Crippen molar-refractivity contribution in [2.24, 2.45) is 5.92 Å². The van der Waals surface area contributed by atoms with Gasteiger partial charge < -0.3 is 10.2 Å². The van der Waals surface area contributed by atoms with Crippen LogP contribution in [0.5, 0.6) is 0 Å². The third kappa shape index (κ3) is 4.99. The zero-order chi connectivity index (χ0) is 15.1. The lowest BCUT2D eigenvalue weighted by atomic mass is 10.1. The number of hydrogen-bond acceptors (Lipinski definition) is 3. The van der Waals surface area contributed by atoms with Crippen molar-refractivity contribution in [2.45, 2.75) is 65.5 Å². The second kappa shape index (κ2) is 8.38. The summed E-state index contributed by atoms with van der Waals surface area (Å²) in [5.41, 5.74) is 1.28. The molecule has 2 rings (SSSR count). The van der Waals surface area contributed by atoms with Crippen molar-refractivity contribution < 1.29 is 0 Å². The second-order valence-electron chi connectivity index (χ2n) is 6.69. The van der Waals surface area contributed by atoms with Crippen LogP contribution in [0.1, 0.15) is 58.4 Å². The molecule has 3 heteroatoms. The van der Waals surface area contributed by atoms with Gasteiger partial charge in [-0.2, -0.15) is 0 Å². The summed E-state index contributed by atoms with van der Waals surface area (Å²) >= 11 is 0. The van der Waals surface area contributed by atoms with Crippen LogP contribution in [-0.4, -0.2) is 24.1 Å². The summed E-state index contributed by atoms with van der Waals surface area (Å²) in [5, 5.41) is 3.43. The van der Waals surface area contributed by atoms with Gasteiger partial charge in [0, 0.05) is 25.3 Å². The zero-order valence-corrected chi connectivity index (χ0v) is 13.9. The Morgan fingerprint density at radius 1 is 1.29 bits per heavy atom. The SMILES string of the molecule is CCCNCc1ccc(N(CC(C)C)C2CCCC2)nc1. The van der Waals surface area contributed by atoms with Gasteiger partial charge in [-0.15, -0.1) is 0 Å². The Bertz CT molecular complexity index is 393. The van der Waals surface area contributed by atoms with Crippen LogP contribution >= 0.6 is 0 Å². The third-order valence-corrected chi connectivity index (χ3v) is 4.19. The molecule has 1 aromatic heterocycles. The smallest absolute Gasteiger partial charge is 0.128 e. The molecule has 0 radical (unpaired) electrons. The predicted octanol–water partition coefficient (Wildman–Crippen LogP) is 3.99. The first kappa shape index (κ1) is 16.3. The van der Waals surface area contributed by atoms with Crippen LogP contribution in [0.4, 0.5) is 5.82 Å². The van der Waals surface area contributed by atoms with E-state index in [2.05, 4.69) is 43.1 Å². The molecule has 1 fully saturated rings. The van der Waals surface area contributed by atoms with Crippen LogP contribution in [0.2, 0.25) is 0 Å². The van der Waals surface area contributed by atoms with Crippen LogP contribution in [-0.2, 0) is 6.54 Å². The van der Waals surface area contributed by atoms with Gasteiger partial charge in [0.2, 0.25) is 0 Å². The van der Waals surface area contributed by atoms with Gasteiger partial charge >= 0.3 is 0 Å². The van der Waals surface area contributed by atoms with Crippen LogP contribution in [0, 0.1) is 5.92 Å². The second-order valence-corrected chi connectivity index (χ2v) is 6.69. The van der Waals surface area contributed by atoms with E-state index < -0.39 is 0 Å². The third-order valence-electron chi connectivity index (χ3n) is 4.19. The van der Waals surface area contributed by atoms with Gasteiger partial charge in [0.15, 0.2) is 0 Å². The highest BCUT2D eigenvalue weighted by atomic mass is 15.2. The highest BCUT2D eigenvalue weighted by molar-refractivity contribution is 5.41. The van der Waals surface area contributed by atoms with E-state index in [0.717, 1.165) is 25.5 Å². The molecule has 0 bridgehead atoms. The molecule has 1 heterocycles. The van der Waals surface area contributed by atoms with E-state index in [-0.39, 0.29) is 0 Å². The van der Waals surface area contributed by atoms with Crippen molar-refractivity contribution in [1.82, 2.24) is 10.3 Å². The molecule has 0 spiro atoms. The summed E-state index contributed by atoms with van der Waals surface area (Å²) in [6.07, 6.45) is 8.62. The van der Waals surface area contributed by atoms with Crippen molar-refractivity contribution in [2.75, 3.05) is 18.0 Å². The molecule has 3 nitrogen and oxygen atoms in total. The molecule has 0 aromatic carbocycles. The van der Waals surface area contributed by atoms with E-state index in [1.807, 2.05) is 6.20 Å². The number of hydrogen-bond donors (Lipinski definition) is 1. The van der Waals surface area contributed by atoms with E-state index in [0.29, 0.717) is 12.0 Å². The Morgan fingerprint density at radius 2 is 2.05 bits per heavy atom. The molecule has 1 aromatic rings. The monoisotopic (exact) mass is 289 g/mol. The van der Waals surface area contributed by atoms with Crippen molar-refractivity contribution in [3.63, 3.8) is 0 Å². The highest BCUT2D eigenvalue weighted by Crippen LogP contribution is 2.28. The highest BCUT2D eigenvalue weighted by Gasteiger charge is 2.24. The Balaban J connectivity index is 2.01. The maximum absolute atomic E-state index is 4.74. The van der Waals surface area contributed by atoms with Crippen LogP contribution < -0.4 is 10.2 Å². The Kier molecular flexibility index (Phi) is 6.50. The number of aromatic nitrogens is 1. The summed E-state index contributed by atoms with van der Waals surface area (Å²) in [7, 11) is 0. The fourth-order valence-electron chi connectivity index (χ4n) is 3.14. The van der Waals surface area contributed by atoms with E-state index >= 15 is 0 Å². The lowest BCUT2D eigenvalue weighted by molar-refractivity contribution is 0.531. The van der Waals surface area contributed by atoms with Gasteiger partial charge in [0.25, 0.3) is 0 Å². The molecule has 1 saturated carbocycles. The van der Waals surface area contributed by atoms with E-state index in [9.17, 15) is 0 Å². The Morgan fingerprint density at radius 3 is 2.62 bits per heavy atom. The summed E-state index contributed by atoms with van der Waals surface area (Å²) in [6.45, 7) is 9.90. The van der Waals surface area contributed by atoms with E-state index in [1.54, 1.807) is 0 Å². The first-order valence-corrected chi connectivity index (χ1v) is 8.63. The standard InChI is InChI=1S/C18H31N3/c1-4-11-19-12-16-9-10-18(20-13-16)21(14-15(2)3)17-7-5-6-8-17/h9-10,13,15,17,19H,4-8,11-12,14H2,1-3H3. The summed E-state index contributed by atoms with van der Waals surface area (Å²) < 4.78 is 0. The normalized spacial score (nSPS) is 15.8. The van der Waals surface area contributed by atoms with Crippen molar-refractivity contribution >= 4 is 5.82 Å². The quantitative estimate of drug-likeness (QED) is 0.734. The maximum atomic E-state index is 4.74. The number of pyridine rings is 1. The lowest BCUT2D eigenvalue weighted by Gasteiger charge is -2.31. The molecule has 1 aliphatic rings. The van der Waals surface area contributed by atoms with Crippen LogP contribution in [0.25, 0.3) is 0 Å². The zero-order valence-electron chi connectivity index (χ0n) is 13.9. The molecule has 0 aliphatic heterocycles. The first-order chi connectivity index (χ1) is 10.2. The predicted molar refractivity (Wildman–Crippen MR) is 90.7 cm³/mol. The molecular weight excluding hydrogens is 258 g/mol. The van der Waals surface area contributed by atoms with Crippen LogP contribution in [0.15, 0.2) is 18.3 Å². The molecule has 21 heavy (non-hydrogen) atoms. The minimum absolute atomic E-state index is 0.679. The summed E-state index contributed by atoms with van der Waals surface area (Å²) in [6, 6.07) is 5.14. The van der Waals surface area contributed by atoms with Gasteiger partial charge in [-0.25, -0.2) is 4.98 Å². The topological polar surface area (TPSA) is 28.2 Å². The average molecular weight is 289 g/mol. The largest absolute Gasteiger partial charge is 0.353 e. The molecule has 0 amide bonds. The molecule has 118 valence electrons. The number of anilines is 1. The van der Waals surface area contributed by atoms with Gasteiger partial charge in [-0.05, 0) is 43.4 Å². The van der Waals surface area contributed by atoms with Crippen LogP contribution in [0.3, 0.4) is 0 Å². The van der Waals surface area contributed by atoms with Gasteiger partial charge in [-0.1, -0.05) is 39.7 Å². The Hall–Kier alpha value is -1.09. The van der Waals surface area contributed by atoms with E-state index in [4.69, 9.17) is 4.98 Å². The fraction of sp³-hybridized carbons (Fsp3) is 0.722. The molecule has 1 aliphatic carbocycles. The minimum Gasteiger partial charge on any atom is -0.353 e. The van der Waals surface area contributed by atoms with Crippen molar-refractivity contribution in [3.05, 3.63) is 23.9 Å². The molecular formula is C18H31N3. The lowest BCUT2D eigenvalue weighted by Crippen LogP contribution is -2.36.